The molecule has 3 heterocycles. The zero-order valence-corrected chi connectivity index (χ0v) is 27.2. The van der Waals surface area contributed by atoms with Crippen LogP contribution < -0.4 is 0 Å². The topological polar surface area (TPSA) is 56.7 Å². The molecule has 0 fully saturated rings. The summed E-state index contributed by atoms with van der Waals surface area (Å²) in [7, 11) is 0. The number of rotatable bonds is 5. The number of nitrogens with zero attached hydrogens (tertiary/aromatic N) is 4. The Morgan fingerprint density at radius 1 is 0.451 bits per heavy atom. The van der Waals surface area contributed by atoms with Crippen molar-refractivity contribution in [3.05, 3.63) is 170 Å². The van der Waals surface area contributed by atoms with Crippen molar-refractivity contribution in [1.29, 1.82) is 0 Å². The minimum Gasteiger partial charge on any atom is -0.455 e. The van der Waals surface area contributed by atoms with Gasteiger partial charge in [-0.3, -0.25) is 0 Å². The molecule has 240 valence electrons. The largest absolute Gasteiger partial charge is 0.455 e. The third-order valence-corrected chi connectivity index (χ3v) is 9.53. The monoisotopic (exact) mass is 658 g/mol. The summed E-state index contributed by atoms with van der Waals surface area (Å²) in [6.45, 7) is 0. The van der Waals surface area contributed by atoms with Crippen LogP contribution in [0.15, 0.2) is 168 Å². The fourth-order valence-electron chi connectivity index (χ4n) is 7.16. The minimum atomic E-state index is -0.293. The zero-order valence-electron chi connectivity index (χ0n) is 27.2. The van der Waals surface area contributed by atoms with Crippen molar-refractivity contribution in [2.45, 2.75) is 0 Å². The summed E-state index contributed by atoms with van der Waals surface area (Å²) in [5.41, 5.74) is 9.08. The fourth-order valence-corrected chi connectivity index (χ4v) is 7.16. The van der Waals surface area contributed by atoms with Gasteiger partial charge in [-0.1, -0.05) is 109 Å². The van der Waals surface area contributed by atoms with E-state index in [0.717, 1.165) is 77.2 Å². The van der Waals surface area contributed by atoms with Gasteiger partial charge in [-0.2, -0.15) is 0 Å². The quantitative estimate of drug-likeness (QED) is 0.185. The predicted octanol–water partition coefficient (Wildman–Crippen LogP) is 11.7. The summed E-state index contributed by atoms with van der Waals surface area (Å²) in [5, 5.41) is 4.30. The third-order valence-electron chi connectivity index (χ3n) is 9.53. The summed E-state index contributed by atoms with van der Waals surface area (Å²) in [6, 6.07) is 53.7. The average Bonchev–Trinajstić information content (AvgIpc) is 3.74. The normalized spacial score (nSPS) is 11.6. The second-order valence-corrected chi connectivity index (χ2v) is 12.6. The summed E-state index contributed by atoms with van der Waals surface area (Å²) in [5.74, 6) is 1.43. The van der Waals surface area contributed by atoms with Crippen molar-refractivity contribution < 1.29 is 8.81 Å². The highest BCUT2D eigenvalue weighted by molar-refractivity contribution is 6.24. The maximum atomic E-state index is 14.3. The molecule has 0 radical (unpaired) electrons. The Bertz CT molecular complexity index is 2860. The van der Waals surface area contributed by atoms with Gasteiger partial charge in [-0.15, -0.1) is 0 Å². The van der Waals surface area contributed by atoms with Crippen LogP contribution in [0.3, 0.4) is 0 Å². The lowest BCUT2D eigenvalue weighted by Crippen LogP contribution is -2.02. The van der Waals surface area contributed by atoms with E-state index in [-0.39, 0.29) is 5.82 Å². The Morgan fingerprint density at radius 3 is 1.75 bits per heavy atom. The standard InChI is InChI=1S/C45H27FN4O/c46-32-22-19-28(20-23-32)36-27-31(45-48-43(29-11-3-1-4-12-29)47-44(49-45)30-13-5-2-6-14-30)21-25-38(36)50-37-17-9-7-16-35(37)41-39(50)26-24-34-33-15-8-10-18-40(33)51-42(34)41/h1-27H. The molecule has 51 heavy (non-hydrogen) atoms. The predicted molar refractivity (Wildman–Crippen MR) is 203 cm³/mol. The van der Waals surface area contributed by atoms with Crippen LogP contribution in [0.5, 0.6) is 0 Å². The van der Waals surface area contributed by atoms with Crippen LogP contribution in [-0.2, 0) is 0 Å². The van der Waals surface area contributed by atoms with Gasteiger partial charge in [0.1, 0.15) is 17.0 Å². The molecular formula is C45H27FN4O. The second-order valence-electron chi connectivity index (χ2n) is 12.6. The highest BCUT2D eigenvalue weighted by Crippen LogP contribution is 2.42. The van der Waals surface area contributed by atoms with Crippen LogP contribution in [0.25, 0.3) is 94.7 Å². The zero-order chi connectivity index (χ0) is 33.9. The second kappa shape index (κ2) is 11.6. The first-order chi connectivity index (χ1) is 25.2. The van der Waals surface area contributed by atoms with E-state index in [4.69, 9.17) is 19.4 Å². The molecule has 0 aliphatic carbocycles. The van der Waals surface area contributed by atoms with E-state index < -0.39 is 0 Å². The van der Waals surface area contributed by atoms with E-state index in [1.54, 1.807) is 0 Å². The number of benzene rings is 7. The molecule has 0 saturated heterocycles. The first-order valence-electron chi connectivity index (χ1n) is 16.8. The van der Waals surface area contributed by atoms with E-state index in [2.05, 4.69) is 65.2 Å². The number of furan rings is 1. The van der Waals surface area contributed by atoms with Crippen LogP contribution >= 0.6 is 0 Å². The average molecular weight is 659 g/mol. The van der Waals surface area contributed by atoms with Gasteiger partial charge in [0.25, 0.3) is 0 Å². The molecule has 0 amide bonds. The first kappa shape index (κ1) is 29.0. The lowest BCUT2D eigenvalue weighted by atomic mass is 9.99. The van der Waals surface area contributed by atoms with Crippen molar-refractivity contribution in [3.63, 3.8) is 0 Å². The Hall–Kier alpha value is -6.92. The molecule has 10 rings (SSSR count). The number of para-hydroxylation sites is 2. The van der Waals surface area contributed by atoms with Gasteiger partial charge in [-0.25, -0.2) is 19.3 Å². The van der Waals surface area contributed by atoms with Gasteiger partial charge in [-0.05, 0) is 60.2 Å². The molecule has 0 N–H and O–H groups in total. The molecule has 0 aliphatic heterocycles. The molecular weight excluding hydrogens is 632 g/mol. The van der Waals surface area contributed by atoms with Gasteiger partial charge in [0.2, 0.25) is 0 Å². The summed E-state index contributed by atoms with van der Waals surface area (Å²) < 4.78 is 23.2. The Labute approximate surface area is 291 Å². The number of fused-ring (bicyclic) bond motifs is 7. The van der Waals surface area contributed by atoms with Crippen molar-refractivity contribution >= 4 is 43.7 Å². The van der Waals surface area contributed by atoms with Gasteiger partial charge in [0.15, 0.2) is 17.5 Å². The molecule has 0 aliphatic rings. The lowest BCUT2D eigenvalue weighted by Gasteiger charge is -2.16. The molecule has 6 heteroatoms. The molecule has 0 saturated carbocycles. The highest BCUT2D eigenvalue weighted by Gasteiger charge is 2.21. The van der Waals surface area contributed by atoms with Gasteiger partial charge < -0.3 is 8.98 Å². The third kappa shape index (κ3) is 4.80. The first-order valence-corrected chi connectivity index (χ1v) is 16.8. The SMILES string of the molecule is Fc1ccc(-c2cc(-c3nc(-c4ccccc4)nc(-c4ccccc4)n3)ccc2-n2c3ccccc3c3c4oc5ccccc5c4ccc32)cc1. The van der Waals surface area contributed by atoms with Crippen molar-refractivity contribution in [3.8, 4) is 51.0 Å². The minimum absolute atomic E-state index is 0.293. The van der Waals surface area contributed by atoms with E-state index in [1.807, 2.05) is 91.0 Å². The fraction of sp³-hybridized carbons (Fsp3) is 0. The molecule has 0 unspecified atom stereocenters. The molecule has 3 aromatic heterocycles. The summed E-state index contributed by atoms with van der Waals surface area (Å²) >= 11 is 0. The van der Waals surface area contributed by atoms with E-state index in [1.165, 1.54) is 12.1 Å². The smallest absolute Gasteiger partial charge is 0.164 e. The summed E-state index contributed by atoms with van der Waals surface area (Å²) in [6.07, 6.45) is 0. The van der Waals surface area contributed by atoms with E-state index in [9.17, 15) is 4.39 Å². The molecule has 5 nitrogen and oxygen atoms in total. The molecule has 0 spiro atoms. The van der Waals surface area contributed by atoms with Crippen LogP contribution in [0.1, 0.15) is 0 Å². The Kier molecular flexibility index (Phi) is 6.61. The van der Waals surface area contributed by atoms with Gasteiger partial charge >= 0.3 is 0 Å². The maximum Gasteiger partial charge on any atom is 0.164 e. The maximum absolute atomic E-state index is 14.3. The molecule has 7 aromatic carbocycles. The highest BCUT2D eigenvalue weighted by atomic mass is 19.1. The summed E-state index contributed by atoms with van der Waals surface area (Å²) in [4.78, 5) is 14.9. The number of hydrogen-bond acceptors (Lipinski definition) is 4. The van der Waals surface area contributed by atoms with Gasteiger partial charge in [0, 0.05) is 38.4 Å². The molecule has 0 atom stereocenters. The lowest BCUT2D eigenvalue weighted by molar-refractivity contribution is 0.628. The van der Waals surface area contributed by atoms with Crippen LogP contribution in [-0.4, -0.2) is 19.5 Å². The molecule has 10 aromatic rings. The number of halogens is 1. The van der Waals surface area contributed by atoms with Crippen molar-refractivity contribution in [2.75, 3.05) is 0 Å². The number of hydrogen-bond donors (Lipinski definition) is 0. The van der Waals surface area contributed by atoms with Crippen molar-refractivity contribution in [2.24, 2.45) is 0 Å². The van der Waals surface area contributed by atoms with E-state index >= 15 is 0 Å². The van der Waals surface area contributed by atoms with Gasteiger partial charge in [0.05, 0.1) is 22.1 Å². The van der Waals surface area contributed by atoms with E-state index in [0.29, 0.717) is 17.5 Å². The van der Waals surface area contributed by atoms with Crippen LogP contribution in [0, 0.1) is 5.82 Å². The van der Waals surface area contributed by atoms with Crippen molar-refractivity contribution in [1.82, 2.24) is 19.5 Å². The van der Waals surface area contributed by atoms with Crippen LogP contribution in [0.4, 0.5) is 4.39 Å². The molecule has 0 bridgehead atoms. The Balaban J connectivity index is 1.24. The van der Waals surface area contributed by atoms with Crippen LogP contribution in [0.2, 0.25) is 0 Å². The number of aromatic nitrogens is 4. The Morgan fingerprint density at radius 2 is 1.04 bits per heavy atom.